The summed E-state index contributed by atoms with van der Waals surface area (Å²) in [6, 6.07) is 23.2. The minimum Gasteiger partial charge on any atom is -0.508 e. The zero-order valence-corrected chi connectivity index (χ0v) is 19.4. The van der Waals surface area contributed by atoms with Crippen LogP contribution < -0.4 is 15.4 Å². The fourth-order valence-corrected chi connectivity index (χ4v) is 3.53. The largest absolute Gasteiger partial charge is 0.508 e. The number of phenols is 1. The Hall–Kier alpha value is -4.10. The number of nitrogens with one attached hydrogen (secondary N) is 3. The van der Waals surface area contributed by atoms with E-state index < -0.39 is 5.97 Å². The molecule has 0 bridgehead atoms. The molecule has 0 unspecified atom stereocenters. The monoisotopic (exact) mass is 456 g/mol. The standard InChI is InChI=1S/C27H28N4O3/c1-17(2)28-16-19-4-10-22(11-5-19)29-27-15-25(30-31-27)21-8-6-20(7-9-21)24-13-12-23(33)14-26(24)34-18(3)32/h4-15,17,28,33H,16H2,1-3H3,(H2,29,30,31). The van der Waals surface area contributed by atoms with Crippen LogP contribution in [0.1, 0.15) is 26.3 Å². The van der Waals surface area contributed by atoms with Crippen molar-refractivity contribution in [2.24, 2.45) is 0 Å². The number of esters is 1. The van der Waals surface area contributed by atoms with Crippen LogP contribution in [0.3, 0.4) is 0 Å². The summed E-state index contributed by atoms with van der Waals surface area (Å²) >= 11 is 0. The maximum atomic E-state index is 11.4. The molecule has 7 nitrogen and oxygen atoms in total. The lowest BCUT2D eigenvalue weighted by Gasteiger charge is -2.10. The SMILES string of the molecule is CC(=O)Oc1cc(O)ccc1-c1ccc(-c2cc(Nc3ccc(CNC(C)C)cc3)n[nH]2)cc1. The fraction of sp³-hybridized carbons (Fsp3) is 0.185. The summed E-state index contributed by atoms with van der Waals surface area (Å²) in [7, 11) is 0. The van der Waals surface area contributed by atoms with Crippen molar-refractivity contribution in [3.8, 4) is 33.9 Å². The smallest absolute Gasteiger partial charge is 0.308 e. The number of aromatic hydroxyl groups is 1. The molecule has 0 saturated carbocycles. The Bertz CT molecular complexity index is 1260. The Morgan fingerprint density at radius 1 is 1.00 bits per heavy atom. The third-order valence-corrected chi connectivity index (χ3v) is 5.24. The van der Waals surface area contributed by atoms with Crippen molar-refractivity contribution in [1.29, 1.82) is 0 Å². The summed E-state index contributed by atoms with van der Waals surface area (Å²) < 4.78 is 5.26. The average Bonchev–Trinajstić information content (AvgIpc) is 3.27. The van der Waals surface area contributed by atoms with Crippen LogP contribution >= 0.6 is 0 Å². The lowest BCUT2D eigenvalue weighted by atomic mass is 10.0. The van der Waals surface area contributed by atoms with Gasteiger partial charge in [-0.3, -0.25) is 9.89 Å². The van der Waals surface area contributed by atoms with Crippen molar-refractivity contribution in [2.75, 3.05) is 5.32 Å². The van der Waals surface area contributed by atoms with Crippen molar-refractivity contribution in [3.05, 3.63) is 78.4 Å². The Morgan fingerprint density at radius 3 is 2.38 bits per heavy atom. The van der Waals surface area contributed by atoms with E-state index in [9.17, 15) is 9.90 Å². The van der Waals surface area contributed by atoms with Gasteiger partial charge in [-0.25, -0.2) is 0 Å². The van der Waals surface area contributed by atoms with Gasteiger partial charge in [0.1, 0.15) is 11.5 Å². The Balaban J connectivity index is 1.46. The number of carbonyl (C=O) groups excluding carboxylic acids is 1. The van der Waals surface area contributed by atoms with Crippen LogP contribution in [0.15, 0.2) is 72.8 Å². The van der Waals surface area contributed by atoms with E-state index >= 15 is 0 Å². The van der Waals surface area contributed by atoms with Gasteiger partial charge >= 0.3 is 5.97 Å². The molecule has 4 aromatic rings. The minimum atomic E-state index is -0.442. The van der Waals surface area contributed by atoms with E-state index in [2.05, 4.69) is 46.8 Å². The molecule has 0 atom stereocenters. The van der Waals surface area contributed by atoms with E-state index in [-0.39, 0.29) is 5.75 Å². The fourth-order valence-electron chi connectivity index (χ4n) is 3.53. The number of ether oxygens (including phenoxy) is 1. The maximum absolute atomic E-state index is 11.4. The number of rotatable bonds is 8. The zero-order chi connectivity index (χ0) is 24.1. The van der Waals surface area contributed by atoms with Gasteiger partial charge in [0.15, 0.2) is 5.82 Å². The summed E-state index contributed by atoms with van der Waals surface area (Å²) in [4.78, 5) is 11.4. The van der Waals surface area contributed by atoms with E-state index in [0.29, 0.717) is 11.8 Å². The second kappa shape index (κ2) is 10.2. The van der Waals surface area contributed by atoms with E-state index in [4.69, 9.17) is 4.74 Å². The number of carbonyl (C=O) groups is 1. The predicted octanol–water partition coefficient (Wildman–Crippen LogP) is 5.62. The first-order valence-corrected chi connectivity index (χ1v) is 11.1. The number of nitrogens with zero attached hydrogens (tertiary/aromatic N) is 1. The van der Waals surface area contributed by atoms with E-state index in [1.807, 2.05) is 42.5 Å². The first kappa shape index (κ1) is 23.1. The van der Waals surface area contributed by atoms with Gasteiger partial charge in [-0.1, -0.05) is 50.2 Å². The topological polar surface area (TPSA) is 99.3 Å². The van der Waals surface area contributed by atoms with Crippen LogP contribution in [0, 0.1) is 0 Å². The number of anilines is 2. The van der Waals surface area contributed by atoms with Crippen LogP contribution in [0.2, 0.25) is 0 Å². The maximum Gasteiger partial charge on any atom is 0.308 e. The third kappa shape index (κ3) is 5.82. The van der Waals surface area contributed by atoms with E-state index in [1.54, 1.807) is 12.1 Å². The van der Waals surface area contributed by atoms with E-state index in [0.717, 1.165) is 40.4 Å². The number of aromatic amines is 1. The zero-order valence-electron chi connectivity index (χ0n) is 19.4. The van der Waals surface area contributed by atoms with Gasteiger partial charge in [0, 0.05) is 42.9 Å². The van der Waals surface area contributed by atoms with Gasteiger partial charge < -0.3 is 20.5 Å². The van der Waals surface area contributed by atoms with Crippen molar-refractivity contribution in [3.63, 3.8) is 0 Å². The first-order valence-electron chi connectivity index (χ1n) is 11.1. The van der Waals surface area contributed by atoms with Crippen LogP contribution in [-0.2, 0) is 11.3 Å². The molecule has 1 aromatic heterocycles. The first-order chi connectivity index (χ1) is 16.4. The third-order valence-electron chi connectivity index (χ3n) is 5.24. The molecule has 4 N–H and O–H groups in total. The summed E-state index contributed by atoms with van der Waals surface area (Å²) in [6.45, 7) is 6.44. The summed E-state index contributed by atoms with van der Waals surface area (Å²) in [6.07, 6.45) is 0. The summed E-state index contributed by atoms with van der Waals surface area (Å²) in [5.41, 5.74) is 5.62. The molecule has 4 rings (SSSR count). The Kier molecular flexibility index (Phi) is 6.94. The van der Waals surface area contributed by atoms with Gasteiger partial charge in [-0.15, -0.1) is 0 Å². The number of benzene rings is 3. The highest BCUT2D eigenvalue weighted by molar-refractivity contribution is 5.78. The molecule has 0 aliphatic heterocycles. The van der Waals surface area contributed by atoms with Crippen molar-refractivity contribution in [2.45, 2.75) is 33.4 Å². The minimum absolute atomic E-state index is 0.0379. The van der Waals surface area contributed by atoms with Crippen molar-refractivity contribution < 1.29 is 14.6 Å². The summed E-state index contributed by atoms with van der Waals surface area (Å²) in [5, 5.41) is 23.9. The van der Waals surface area contributed by atoms with Gasteiger partial charge in [0.25, 0.3) is 0 Å². The van der Waals surface area contributed by atoms with Gasteiger partial charge in [-0.2, -0.15) is 5.10 Å². The molecule has 34 heavy (non-hydrogen) atoms. The molecule has 0 amide bonds. The second-order valence-corrected chi connectivity index (χ2v) is 8.38. The van der Waals surface area contributed by atoms with Crippen LogP contribution in [0.4, 0.5) is 11.5 Å². The highest BCUT2D eigenvalue weighted by Gasteiger charge is 2.11. The van der Waals surface area contributed by atoms with Gasteiger partial charge in [0.2, 0.25) is 0 Å². The van der Waals surface area contributed by atoms with Crippen LogP contribution in [0.25, 0.3) is 22.4 Å². The normalized spacial score (nSPS) is 10.9. The molecule has 0 radical (unpaired) electrons. The lowest BCUT2D eigenvalue weighted by molar-refractivity contribution is -0.131. The average molecular weight is 457 g/mol. The molecule has 7 heteroatoms. The molecule has 0 fully saturated rings. The predicted molar refractivity (Wildman–Crippen MR) is 134 cm³/mol. The number of aromatic nitrogens is 2. The highest BCUT2D eigenvalue weighted by Crippen LogP contribution is 2.34. The molecule has 0 aliphatic rings. The molecular formula is C27H28N4O3. The molecular weight excluding hydrogens is 428 g/mol. The highest BCUT2D eigenvalue weighted by atomic mass is 16.5. The quantitative estimate of drug-likeness (QED) is 0.203. The van der Waals surface area contributed by atoms with Gasteiger partial charge in [-0.05, 0) is 41.0 Å². The molecule has 174 valence electrons. The van der Waals surface area contributed by atoms with Crippen LogP contribution in [-0.4, -0.2) is 27.3 Å². The lowest BCUT2D eigenvalue weighted by Crippen LogP contribution is -2.21. The molecule has 0 spiro atoms. The van der Waals surface area contributed by atoms with Crippen molar-refractivity contribution >= 4 is 17.5 Å². The Labute approximate surface area is 198 Å². The van der Waals surface area contributed by atoms with Crippen LogP contribution in [0.5, 0.6) is 11.5 Å². The molecule has 3 aromatic carbocycles. The number of hydrogen-bond acceptors (Lipinski definition) is 6. The second-order valence-electron chi connectivity index (χ2n) is 8.38. The molecule has 0 saturated heterocycles. The van der Waals surface area contributed by atoms with E-state index in [1.165, 1.54) is 18.6 Å². The number of phenolic OH excluding ortho intramolecular Hbond substituents is 1. The summed E-state index contributed by atoms with van der Waals surface area (Å²) in [5.74, 6) is 0.640. The Morgan fingerprint density at radius 2 is 1.71 bits per heavy atom. The van der Waals surface area contributed by atoms with Crippen molar-refractivity contribution in [1.82, 2.24) is 15.5 Å². The number of H-pyrrole nitrogens is 1. The molecule has 1 heterocycles. The molecule has 0 aliphatic carbocycles. The number of hydrogen-bond donors (Lipinski definition) is 4. The van der Waals surface area contributed by atoms with Gasteiger partial charge in [0.05, 0.1) is 5.69 Å².